The number of amides is 2. The third kappa shape index (κ3) is 4.95. The minimum atomic E-state index is -0.324. The summed E-state index contributed by atoms with van der Waals surface area (Å²) in [6, 6.07) is 13.5. The van der Waals surface area contributed by atoms with Crippen molar-refractivity contribution in [3.63, 3.8) is 0 Å². The highest BCUT2D eigenvalue weighted by Crippen LogP contribution is 2.18. The van der Waals surface area contributed by atoms with E-state index < -0.39 is 0 Å². The lowest BCUT2D eigenvalue weighted by atomic mass is 10.0. The molecule has 2 N–H and O–H groups in total. The largest absolute Gasteiger partial charge is 0.326 e. The average Bonchev–Trinajstić information content (AvgIpc) is 2.50. The molecule has 0 unspecified atom stereocenters. The van der Waals surface area contributed by atoms with Gasteiger partial charge in [-0.05, 0) is 49.1 Å². The number of nitrogens with one attached hydrogen (secondary N) is 2. The molecular formula is C20H24N2O2. The van der Waals surface area contributed by atoms with Crippen molar-refractivity contribution < 1.29 is 9.59 Å². The second-order valence-corrected chi connectivity index (χ2v) is 6.37. The van der Waals surface area contributed by atoms with E-state index in [4.69, 9.17) is 0 Å². The summed E-state index contributed by atoms with van der Waals surface area (Å²) in [7, 11) is 0. The third-order valence-electron chi connectivity index (χ3n) is 3.84. The number of benzene rings is 2. The first-order chi connectivity index (χ1) is 11.3. The van der Waals surface area contributed by atoms with Crippen LogP contribution >= 0.6 is 0 Å². The minimum absolute atomic E-state index is 0.209. The van der Waals surface area contributed by atoms with Crippen molar-refractivity contribution in [2.45, 2.75) is 40.0 Å². The number of hydrogen-bond donors (Lipinski definition) is 2. The van der Waals surface area contributed by atoms with Crippen molar-refractivity contribution >= 4 is 23.2 Å². The maximum Gasteiger partial charge on any atom is 0.233 e. The molecular weight excluding hydrogens is 300 g/mol. The Morgan fingerprint density at radius 1 is 0.917 bits per heavy atom. The zero-order chi connectivity index (χ0) is 17.7. The highest BCUT2D eigenvalue weighted by atomic mass is 16.2. The smallest absolute Gasteiger partial charge is 0.233 e. The van der Waals surface area contributed by atoms with Crippen LogP contribution in [0.3, 0.4) is 0 Å². The molecule has 2 amide bonds. The molecule has 126 valence electrons. The van der Waals surface area contributed by atoms with E-state index in [1.807, 2.05) is 56.3 Å². The predicted octanol–water partition coefficient (Wildman–Crippen LogP) is 4.39. The van der Waals surface area contributed by atoms with E-state index in [1.54, 1.807) is 0 Å². The van der Waals surface area contributed by atoms with Crippen LogP contribution in [0.25, 0.3) is 0 Å². The lowest BCUT2D eigenvalue weighted by Gasteiger charge is -2.10. The molecule has 2 aromatic rings. The van der Waals surface area contributed by atoms with Gasteiger partial charge in [0.15, 0.2) is 0 Å². The number of carbonyl (C=O) groups is 2. The molecule has 0 saturated carbocycles. The van der Waals surface area contributed by atoms with Gasteiger partial charge in [-0.25, -0.2) is 0 Å². The van der Waals surface area contributed by atoms with Gasteiger partial charge in [0.05, 0.1) is 0 Å². The summed E-state index contributed by atoms with van der Waals surface area (Å²) in [6.45, 7) is 8.16. The molecule has 0 radical (unpaired) electrons. The van der Waals surface area contributed by atoms with Crippen LogP contribution in [0, 0.1) is 13.8 Å². The summed E-state index contributed by atoms with van der Waals surface area (Å²) in [5, 5.41) is 5.53. The fraction of sp³-hybridized carbons (Fsp3) is 0.300. The van der Waals surface area contributed by atoms with Crippen molar-refractivity contribution in [2.24, 2.45) is 0 Å². The van der Waals surface area contributed by atoms with Crippen LogP contribution in [0.2, 0.25) is 0 Å². The normalized spacial score (nSPS) is 10.5. The summed E-state index contributed by atoms with van der Waals surface area (Å²) < 4.78 is 0. The van der Waals surface area contributed by atoms with Gasteiger partial charge in [0.25, 0.3) is 0 Å². The molecule has 0 aliphatic carbocycles. The Labute approximate surface area is 143 Å². The summed E-state index contributed by atoms with van der Waals surface area (Å²) in [4.78, 5) is 24.0. The van der Waals surface area contributed by atoms with E-state index in [-0.39, 0.29) is 18.2 Å². The van der Waals surface area contributed by atoms with Crippen LogP contribution in [0.15, 0.2) is 42.5 Å². The molecule has 0 aliphatic rings. The standard InChI is InChI=1S/C20H24N2O2/c1-13(2)16-6-8-17(9-7-16)21-19(23)12-20(24)22-18-10-5-14(3)11-15(18)4/h5-11,13H,12H2,1-4H3,(H,21,23)(H,22,24). The van der Waals surface area contributed by atoms with Crippen LogP contribution in [-0.4, -0.2) is 11.8 Å². The molecule has 0 aromatic heterocycles. The van der Waals surface area contributed by atoms with E-state index in [9.17, 15) is 9.59 Å². The van der Waals surface area contributed by atoms with Crippen LogP contribution in [-0.2, 0) is 9.59 Å². The van der Waals surface area contributed by atoms with Gasteiger partial charge in [0, 0.05) is 11.4 Å². The fourth-order valence-electron chi connectivity index (χ4n) is 2.45. The number of hydrogen-bond acceptors (Lipinski definition) is 2. The van der Waals surface area contributed by atoms with E-state index in [1.165, 1.54) is 5.56 Å². The van der Waals surface area contributed by atoms with Crippen molar-refractivity contribution in [3.05, 3.63) is 59.2 Å². The first kappa shape index (κ1) is 17.7. The Hall–Kier alpha value is -2.62. The van der Waals surface area contributed by atoms with Crippen molar-refractivity contribution in [1.82, 2.24) is 0 Å². The first-order valence-corrected chi connectivity index (χ1v) is 8.12. The van der Waals surface area contributed by atoms with Crippen molar-refractivity contribution in [3.8, 4) is 0 Å². The molecule has 0 saturated heterocycles. The van der Waals surface area contributed by atoms with Crippen LogP contribution in [0.5, 0.6) is 0 Å². The molecule has 4 nitrogen and oxygen atoms in total. The highest BCUT2D eigenvalue weighted by molar-refractivity contribution is 6.08. The summed E-state index contributed by atoms with van der Waals surface area (Å²) in [6.07, 6.45) is -0.209. The first-order valence-electron chi connectivity index (χ1n) is 8.12. The monoisotopic (exact) mass is 324 g/mol. The molecule has 4 heteroatoms. The minimum Gasteiger partial charge on any atom is -0.326 e. The van der Waals surface area contributed by atoms with Gasteiger partial charge in [-0.15, -0.1) is 0 Å². The predicted molar refractivity (Wildman–Crippen MR) is 98.3 cm³/mol. The third-order valence-corrected chi connectivity index (χ3v) is 3.84. The Morgan fingerprint density at radius 2 is 1.54 bits per heavy atom. The molecule has 0 aliphatic heterocycles. The summed E-state index contributed by atoms with van der Waals surface area (Å²) in [5.74, 6) is -0.203. The second-order valence-electron chi connectivity index (χ2n) is 6.37. The van der Waals surface area contributed by atoms with E-state index in [0.29, 0.717) is 11.6 Å². The topological polar surface area (TPSA) is 58.2 Å². The number of anilines is 2. The average molecular weight is 324 g/mol. The highest BCUT2D eigenvalue weighted by Gasteiger charge is 2.11. The molecule has 0 spiro atoms. The van der Waals surface area contributed by atoms with Crippen molar-refractivity contribution in [2.75, 3.05) is 10.6 Å². The number of aryl methyl sites for hydroxylation is 2. The summed E-state index contributed by atoms with van der Waals surface area (Å²) >= 11 is 0. The zero-order valence-electron chi connectivity index (χ0n) is 14.6. The van der Waals surface area contributed by atoms with Gasteiger partial charge in [-0.1, -0.05) is 43.7 Å². The number of rotatable bonds is 5. The maximum absolute atomic E-state index is 12.0. The van der Waals surface area contributed by atoms with E-state index in [0.717, 1.165) is 16.8 Å². The molecule has 2 aromatic carbocycles. The molecule has 24 heavy (non-hydrogen) atoms. The van der Waals surface area contributed by atoms with Gasteiger partial charge < -0.3 is 10.6 Å². The Balaban J connectivity index is 1.90. The molecule has 0 atom stereocenters. The van der Waals surface area contributed by atoms with E-state index >= 15 is 0 Å². The quantitative estimate of drug-likeness (QED) is 0.801. The number of carbonyl (C=O) groups excluding carboxylic acids is 2. The Kier molecular flexibility index (Phi) is 5.74. The lowest BCUT2D eigenvalue weighted by Crippen LogP contribution is -2.21. The SMILES string of the molecule is Cc1ccc(NC(=O)CC(=O)Nc2ccc(C(C)C)cc2)c(C)c1. The van der Waals surface area contributed by atoms with Gasteiger partial charge in [0.2, 0.25) is 11.8 Å². The van der Waals surface area contributed by atoms with Crippen molar-refractivity contribution in [1.29, 1.82) is 0 Å². The summed E-state index contributed by atoms with van der Waals surface area (Å²) in [5.41, 5.74) is 4.75. The van der Waals surface area contributed by atoms with Gasteiger partial charge in [-0.2, -0.15) is 0 Å². The van der Waals surface area contributed by atoms with Crippen LogP contribution in [0.4, 0.5) is 11.4 Å². The fourth-order valence-corrected chi connectivity index (χ4v) is 2.45. The van der Waals surface area contributed by atoms with Gasteiger partial charge in [-0.3, -0.25) is 9.59 Å². The van der Waals surface area contributed by atoms with Crippen LogP contribution < -0.4 is 10.6 Å². The lowest BCUT2D eigenvalue weighted by molar-refractivity contribution is -0.123. The molecule has 0 fully saturated rings. The molecule has 2 rings (SSSR count). The van der Waals surface area contributed by atoms with Gasteiger partial charge in [0.1, 0.15) is 6.42 Å². The Bertz CT molecular complexity index is 734. The van der Waals surface area contributed by atoms with E-state index in [2.05, 4.69) is 24.5 Å². The maximum atomic E-state index is 12.0. The van der Waals surface area contributed by atoms with Gasteiger partial charge >= 0.3 is 0 Å². The Morgan fingerprint density at radius 3 is 2.12 bits per heavy atom. The second kappa shape index (κ2) is 7.77. The molecule has 0 bridgehead atoms. The zero-order valence-corrected chi connectivity index (χ0v) is 14.6. The molecule has 0 heterocycles. The van der Waals surface area contributed by atoms with Crippen LogP contribution in [0.1, 0.15) is 42.9 Å².